The normalized spacial score (nSPS) is 18.6. The van der Waals surface area contributed by atoms with Crippen LogP contribution in [0.15, 0.2) is 36.4 Å². The first-order chi connectivity index (χ1) is 11.5. The maximum Gasteiger partial charge on any atom is 0.161 e. The Morgan fingerprint density at radius 1 is 0.958 bits per heavy atom. The van der Waals surface area contributed by atoms with Crippen molar-refractivity contribution in [3.63, 3.8) is 0 Å². The molecule has 24 heavy (non-hydrogen) atoms. The first-order valence-corrected chi connectivity index (χ1v) is 8.14. The molecular weight excluding hydrogens is 302 g/mol. The lowest BCUT2D eigenvalue weighted by Crippen LogP contribution is -2.48. The van der Waals surface area contributed by atoms with E-state index in [1.165, 1.54) is 16.7 Å². The molecule has 3 rings (SSSR count). The third kappa shape index (κ3) is 2.82. The van der Waals surface area contributed by atoms with E-state index in [4.69, 9.17) is 14.2 Å². The summed E-state index contributed by atoms with van der Waals surface area (Å²) in [5.41, 5.74) is 3.64. The Balaban J connectivity index is 2.17. The zero-order valence-electron chi connectivity index (χ0n) is 15.0. The van der Waals surface area contributed by atoms with Crippen molar-refractivity contribution in [2.45, 2.75) is 31.8 Å². The van der Waals surface area contributed by atoms with Crippen LogP contribution >= 0.6 is 0 Å². The molecule has 1 N–H and O–H groups in total. The first-order valence-electron chi connectivity index (χ1n) is 8.14. The number of methoxy groups -OCH3 is 3. The summed E-state index contributed by atoms with van der Waals surface area (Å²) < 4.78 is 16.4. The molecule has 4 nitrogen and oxygen atoms in total. The quantitative estimate of drug-likeness (QED) is 0.929. The lowest BCUT2D eigenvalue weighted by molar-refractivity contribution is 0.316. The van der Waals surface area contributed by atoms with E-state index in [1.807, 2.05) is 12.1 Å². The second kappa shape index (κ2) is 6.36. The molecule has 0 aromatic heterocycles. The highest BCUT2D eigenvalue weighted by atomic mass is 16.5. The standard InChI is InChI=1S/C20H25NO3/c1-20(2)19(13-7-6-8-15(9-13)22-3)16-11-18(24-5)17(23-4)10-14(16)12-21-20/h6-11,19,21H,12H2,1-5H3/t19-/m1/s1. The van der Waals surface area contributed by atoms with Crippen LogP contribution in [0.1, 0.15) is 36.5 Å². The molecule has 2 aromatic rings. The van der Waals surface area contributed by atoms with Crippen molar-refractivity contribution in [3.8, 4) is 17.2 Å². The van der Waals surface area contributed by atoms with Crippen molar-refractivity contribution in [1.29, 1.82) is 0 Å². The van der Waals surface area contributed by atoms with Gasteiger partial charge in [0, 0.05) is 18.0 Å². The average Bonchev–Trinajstić information content (AvgIpc) is 2.60. The molecule has 4 heteroatoms. The summed E-state index contributed by atoms with van der Waals surface area (Å²) in [7, 11) is 5.05. The highest BCUT2D eigenvalue weighted by Gasteiger charge is 2.37. The van der Waals surface area contributed by atoms with Crippen LogP contribution in [0, 0.1) is 0 Å². The second-order valence-corrected chi connectivity index (χ2v) is 6.69. The molecule has 128 valence electrons. The fourth-order valence-electron chi connectivity index (χ4n) is 3.59. The van der Waals surface area contributed by atoms with Gasteiger partial charge in [-0.15, -0.1) is 0 Å². The third-order valence-corrected chi connectivity index (χ3v) is 4.84. The first kappa shape index (κ1) is 16.7. The van der Waals surface area contributed by atoms with E-state index >= 15 is 0 Å². The summed E-state index contributed by atoms with van der Waals surface area (Å²) in [6, 6.07) is 12.5. The van der Waals surface area contributed by atoms with Crippen molar-refractivity contribution in [1.82, 2.24) is 5.32 Å². The molecule has 0 bridgehead atoms. The van der Waals surface area contributed by atoms with Gasteiger partial charge in [0.25, 0.3) is 0 Å². The molecule has 0 spiro atoms. The van der Waals surface area contributed by atoms with Crippen LogP contribution in [-0.4, -0.2) is 26.9 Å². The zero-order valence-corrected chi connectivity index (χ0v) is 15.0. The number of ether oxygens (including phenoxy) is 3. The van der Waals surface area contributed by atoms with E-state index in [9.17, 15) is 0 Å². The molecule has 1 aliphatic rings. The molecule has 2 aromatic carbocycles. The number of hydrogen-bond acceptors (Lipinski definition) is 4. The summed E-state index contributed by atoms with van der Waals surface area (Å²) in [5.74, 6) is 2.59. The van der Waals surface area contributed by atoms with Gasteiger partial charge in [0.2, 0.25) is 0 Å². The van der Waals surface area contributed by atoms with Crippen LogP contribution in [0.5, 0.6) is 17.2 Å². The molecule has 0 unspecified atom stereocenters. The van der Waals surface area contributed by atoms with Gasteiger partial charge in [-0.2, -0.15) is 0 Å². The van der Waals surface area contributed by atoms with Crippen molar-refractivity contribution in [3.05, 3.63) is 53.1 Å². The van der Waals surface area contributed by atoms with Gasteiger partial charge in [-0.05, 0) is 54.8 Å². The Morgan fingerprint density at radius 2 is 1.67 bits per heavy atom. The predicted octanol–water partition coefficient (Wildman–Crippen LogP) is 3.73. The van der Waals surface area contributed by atoms with Crippen molar-refractivity contribution in [2.24, 2.45) is 0 Å². The SMILES string of the molecule is COc1cccc([C@@H]2c3cc(OC)c(OC)cc3CNC2(C)C)c1. The van der Waals surface area contributed by atoms with Gasteiger partial charge in [-0.3, -0.25) is 0 Å². The molecule has 0 fully saturated rings. The minimum atomic E-state index is -0.0844. The van der Waals surface area contributed by atoms with Crippen LogP contribution < -0.4 is 19.5 Å². The summed E-state index contributed by atoms with van der Waals surface area (Å²) in [4.78, 5) is 0. The van der Waals surface area contributed by atoms with E-state index in [0.29, 0.717) is 0 Å². The van der Waals surface area contributed by atoms with E-state index in [-0.39, 0.29) is 11.5 Å². The topological polar surface area (TPSA) is 39.7 Å². The van der Waals surface area contributed by atoms with Crippen LogP contribution in [-0.2, 0) is 6.54 Å². The van der Waals surface area contributed by atoms with E-state index in [1.54, 1.807) is 21.3 Å². The van der Waals surface area contributed by atoms with Gasteiger partial charge in [0.1, 0.15) is 5.75 Å². The largest absolute Gasteiger partial charge is 0.497 e. The predicted molar refractivity (Wildman–Crippen MR) is 95.3 cm³/mol. The van der Waals surface area contributed by atoms with Gasteiger partial charge in [-0.25, -0.2) is 0 Å². The maximum absolute atomic E-state index is 5.53. The summed E-state index contributed by atoms with van der Waals surface area (Å²) in [5, 5.41) is 3.65. The maximum atomic E-state index is 5.53. The summed E-state index contributed by atoms with van der Waals surface area (Å²) >= 11 is 0. The Labute approximate surface area is 143 Å². The fourth-order valence-corrected chi connectivity index (χ4v) is 3.59. The Kier molecular flexibility index (Phi) is 4.41. The molecular formula is C20H25NO3. The molecule has 0 radical (unpaired) electrons. The molecule has 1 atom stereocenters. The fraction of sp³-hybridized carbons (Fsp3) is 0.400. The molecule has 0 amide bonds. The van der Waals surface area contributed by atoms with Crippen LogP contribution in [0.4, 0.5) is 0 Å². The molecule has 0 saturated carbocycles. The number of nitrogens with one attached hydrogen (secondary N) is 1. The second-order valence-electron chi connectivity index (χ2n) is 6.69. The molecule has 0 aliphatic carbocycles. The van der Waals surface area contributed by atoms with Crippen molar-refractivity contribution < 1.29 is 14.2 Å². The highest BCUT2D eigenvalue weighted by molar-refractivity contribution is 5.53. The highest BCUT2D eigenvalue weighted by Crippen LogP contribution is 2.44. The molecule has 1 aliphatic heterocycles. The minimum Gasteiger partial charge on any atom is -0.497 e. The van der Waals surface area contributed by atoms with Gasteiger partial charge in [-0.1, -0.05) is 12.1 Å². The van der Waals surface area contributed by atoms with Crippen molar-refractivity contribution >= 4 is 0 Å². The zero-order chi connectivity index (χ0) is 17.3. The van der Waals surface area contributed by atoms with E-state index < -0.39 is 0 Å². The lowest BCUT2D eigenvalue weighted by atomic mass is 9.73. The monoisotopic (exact) mass is 327 g/mol. The third-order valence-electron chi connectivity index (χ3n) is 4.84. The van der Waals surface area contributed by atoms with Gasteiger partial charge in [0.15, 0.2) is 11.5 Å². The Morgan fingerprint density at radius 3 is 2.33 bits per heavy atom. The number of benzene rings is 2. The summed E-state index contributed by atoms with van der Waals surface area (Å²) in [6.07, 6.45) is 0. The van der Waals surface area contributed by atoms with Crippen LogP contribution in [0.25, 0.3) is 0 Å². The van der Waals surface area contributed by atoms with Gasteiger partial charge < -0.3 is 19.5 Å². The number of hydrogen-bond donors (Lipinski definition) is 1. The Bertz CT molecular complexity index is 740. The number of rotatable bonds is 4. The van der Waals surface area contributed by atoms with Gasteiger partial charge >= 0.3 is 0 Å². The Hall–Kier alpha value is -2.20. The number of fused-ring (bicyclic) bond motifs is 1. The van der Waals surface area contributed by atoms with Gasteiger partial charge in [0.05, 0.1) is 21.3 Å². The smallest absolute Gasteiger partial charge is 0.161 e. The summed E-state index contributed by atoms with van der Waals surface area (Å²) in [6.45, 7) is 5.27. The molecule has 0 saturated heterocycles. The lowest BCUT2D eigenvalue weighted by Gasteiger charge is -2.42. The minimum absolute atomic E-state index is 0.0844. The average molecular weight is 327 g/mol. The van der Waals surface area contributed by atoms with Crippen LogP contribution in [0.3, 0.4) is 0 Å². The molecule has 1 heterocycles. The van der Waals surface area contributed by atoms with E-state index in [0.717, 1.165) is 23.8 Å². The van der Waals surface area contributed by atoms with E-state index in [2.05, 4.69) is 43.4 Å². The van der Waals surface area contributed by atoms with Crippen molar-refractivity contribution in [2.75, 3.05) is 21.3 Å². The van der Waals surface area contributed by atoms with Crippen LogP contribution in [0.2, 0.25) is 0 Å².